The number of aromatic amines is 1. The van der Waals surface area contributed by atoms with Crippen LogP contribution in [0.15, 0.2) is 29.1 Å². The first-order valence-electron chi connectivity index (χ1n) is 12.9. The molecule has 2 aromatic heterocycles. The molecule has 36 heavy (non-hydrogen) atoms. The van der Waals surface area contributed by atoms with Gasteiger partial charge in [-0.05, 0) is 67.3 Å². The van der Waals surface area contributed by atoms with E-state index in [2.05, 4.69) is 39.3 Å². The maximum Gasteiger partial charge on any atom is 0.327 e. The third-order valence-electron chi connectivity index (χ3n) is 6.75. The van der Waals surface area contributed by atoms with E-state index in [4.69, 9.17) is 9.47 Å². The summed E-state index contributed by atoms with van der Waals surface area (Å²) in [5.41, 5.74) is 1.35. The number of ether oxygens (including phenoxy) is 2. The van der Waals surface area contributed by atoms with E-state index in [1.54, 1.807) is 6.92 Å². The minimum atomic E-state index is -0.378. The van der Waals surface area contributed by atoms with Gasteiger partial charge in [-0.25, -0.2) is 4.68 Å². The molecule has 1 aliphatic carbocycles. The van der Waals surface area contributed by atoms with Gasteiger partial charge in [0.15, 0.2) is 5.82 Å². The van der Waals surface area contributed by atoms with Crippen molar-refractivity contribution >= 4 is 16.9 Å². The summed E-state index contributed by atoms with van der Waals surface area (Å²) < 4.78 is 12.3. The van der Waals surface area contributed by atoms with Gasteiger partial charge in [0.1, 0.15) is 12.3 Å². The summed E-state index contributed by atoms with van der Waals surface area (Å²) in [5.74, 6) is 1.15. The van der Waals surface area contributed by atoms with Crippen molar-refractivity contribution < 1.29 is 14.3 Å². The Bertz CT molecular complexity index is 1230. The van der Waals surface area contributed by atoms with Crippen LogP contribution in [0.3, 0.4) is 0 Å². The fourth-order valence-electron chi connectivity index (χ4n) is 5.19. The van der Waals surface area contributed by atoms with Crippen LogP contribution in [0.2, 0.25) is 0 Å². The van der Waals surface area contributed by atoms with E-state index >= 15 is 0 Å². The topological polar surface area (TPSA) is 115 Å². The Kier molecular flexibility index (Phi) is 8.35. The minimum Gasteiger partial charge on any atom is -0.494 e. The number of tetrazole rings is 1. The zero-order valence-corrected chi connectivity index (χ0v) is 21.6. The summed E-state index contributed by atoms with van der Waals surface area (Å²) in [5, 5.41) is 13.2. The molecule has 0 unspecified atom stereocenters. The van der Waals surface area contributed by atoms with Crippen LogP contribution in [-0.2, 0) is 22.6 Å². The molecule has 0 spiro atoms. The first-order valence-corrected chi connectivity index (χ1v) is 12.9. The van der Waals surface area contributed by atoms with Crippen molar-refractivity contribution in [3.63, 3.8) is 0 Å². The molecule has 1 atom stereocenters. The van der Waals surface area contributed by atoms with Crippen LogP contribution in [0.1, 0.15) is 70.8 Å². The van der Waals surface area contributed by atoms with Gasteiger partial charge in [0, 0.05) is 29.1 Å². The van der Waals surface area contributed by atoms with Gasteiger partial charge in [-0.15, -0.1) is 5.10 Å². The number of carbonyl (C=O) groups is 1. The predicted octanol–water partition coefficient (Wildman–Crippen LogP) is 3.62. The van der Waals surface area contributed by atoms with Crippen LogP contribution in [-0.4, -0.2) is 55.3 Å². The Balaban J connectivity index is 1.72. The molecule has 10 nitrogen and oxygen atoms in total. The van der Waals surface area contributed by atoms with E-state index in [0.717, 1.165) is 42.3 Å². The highest BCUT2D eigenvalue weighted by Crippen LogP contribution is 2.36. The lowest BCUT2D eigenvalue weighted by Crippen LogP contribution is -2.41. The summed E-state index contributed by atoms with van der Waals surface area (Å²) in [4.78, 5) is 30.7. The van der Waals surface area contributed by atoms with Gasteiger partial charge >= 0.3 is 5.97 Å². The van der Waals surface area contributed by atoms with Crippen LogP contribution in [0, 0.1) is 5.92 Å². The normalized spacial score (nSPS) is 15.2. The Morgan fingerprint density at radius 1 is 1.19 bits per heavy atom. The van der Waals surface area contributed by atoms with Crippen LogP contribution >= 0.6 is 0 Å². The maximum absolute atomic E-state index is 13.1. The second-order valence-electron chi connectivity index (χ2n) is 9.60. The SMILES string of the molecule is CCOC(=O)Cn1nnnc1[C@@H](C(C)C)N(Cc1cc2cc(OCC)ccc2[nH]c1=O)C1CCCC1. The third-order valence-corrected chi connectivity index (χ3v) is 6.75. The van der Waals surface area contributed by atoms with Gasteiger partial charge in [-0.2, -0.15) is 0 Å². The zero-order chi connectivity index (χ0) is 25.7. The number of fused-ring (bicyclic) bond motifs is 1. The number of pyridine rings is 1. The van der Waals surface area contributed by atoms with Crippen molar-refractivity contribution in [2.24, 2.45) is 5.92 Å². The monoisotopic (exact) mass is 496 g/mol. The molecule has 0 saturated heterocycles. The van der Waals surface area contributed by atoms with E-state index < -0.39 is 0 Å². The summed E-state index contributed by atoms with van der Waals surface area (Å²) in [6.45, 7) is 9.24. The Morgan fingerprint density at radius 2 is 1.97 bits per heavy atom. The molecule has 4 rings (SSSR count). The van der Waals surface area contributed by atoms with E-state index in [9.17, 15) is 9.59 Å². The second kappa shape index (κ2) is 11.6. The zero-order valence-electron chi connectivity index (χ0n) is 21.6. The van der Waals surface area contributed by atoms with Crippen LogP contribution < -0.4 is 10.3 Å². The number of carbonyl (C=O) groups excluding carboxylic acids is 1. The highest BCUT2D eigenvalue weighted by Gasteiger charge is 2.35. The average molecular weight is 497 g/mol. The van der Waals surface area contributed by atoms with Crippen molar-refractivity contribution in [2.75, 3.05) is 13.2 Å². The lowest BCUT2D eigenvalue weighted by atomic mass is 9.97. The van der Waals surface area contributed by atoms with E-state index in [0.29, 0.717) is 31.1 Å². The lowest BCUT2D eigenvalue weighted by Gasteiger charge is -2.37. The molecule has 1 aliphatic rings. The van der Waals surface area contributed by atoms with Gasteiger partial charge in [-0.3, -0.25) is 14.5 Å². The standard InChI is InChI=1S/C26H36N6O4/c1-5-35-21-11-12-22-18(14-21)13-19(26(34)27-22)15-31(20-9-7-8-10-20)24(17(3)4)25-28-29-30-32(25)16-23(33)36-6-2/h11-14,17,20,24H,5-10,15-16H2,1-4H3,(H,27,34)/t24-/m1/s1. The lowest BCUT2D eigenvalue weighted by molar-refractivity contribution is -0.144. The molecule has 1 fully saturated rings. The summed E-state index contributed by atoms with van der Waals surface area (Å²) in [6.07, 6.45) is 4.38. The molecule has 0 bridgehead atoms. The number of nitrogens with one attached hydrogen (secondary N) is 1. The van der Waals surface area contributed by atoms with Crippen LogP contribution in [0.25, 0.3) is 10.9 Å². The van der Waals surface area contributed by atoms with Crippen molar-refractivity contribution in [1.82, 2.24) is 30.1 Å². The van der Waals surface area contributed by atoms with Crippen molar-refractivity contribution in [3.05, 3.63) is 46.0 Å². The van der Waals surface area contributed by atoms with Crippen molar-refractivity contribution in [2.45, 2.75) is 78.6 Å². The van der Waals surface area contributed by atoms with Gasteiger partial charge < -0.3 is 14.5 Å². The molecule has 2 heterocycles. The largest absolute Gasteiger partial charge is 0.494 e. The minimum absolute atomic E-state index is 0.0470. The van der Waals surface area contributed by atoms with Crippen molar-refractivity contribution in [3.8, 4) is 5.75 Å². The highest BCUT2D eigenvalue weighted by atomic mass is 16.5. The molecular formula is C26H36N6O4. The van der Waals surface area contributed by atoms with Gasteiger partial charge in [0.25, 0.3) is 5.56 Å². The molecule has 1 saturated carbocycles. The molecule has 194 valence electrons. The number of H-pyrrole nitrogens is 1. The summed E-state index contributed by atoms with van der Waals surface area (Å²) >= 11 is 0. The Hall–Kier alpha value is -3.27. The van der Waals surface area contributed by atoms with E-state index in [1.165, 1.54) is 4.68 Å². The molecule has 0 radical (unpaired) electrons. The second-order valence-corrected chi connectivity index (χ2v) is 9.60. The fourth-order valence-corrected chi connectivity index (χ4v) is 5.19. The predicted molar refractivity (Wildman–Crippen MR) is 136 cm³/mol. The molecule has 1 N–H and O–H groups in total. The van der Waals surface area contributed by atoms with Gasteiger partial charge in [0.2, 0.25) is 0 Å². The number of benzene rings is 1. The molecule has 1 aromatic carbocycles. The molecule has 10 heteroatoms. The first kappa shape index (κ1) is 25.8. The third kappa shape index (κ3) is 5.75. The highest BCUT2D eigenvalue weighted by molar-refractivity contribution is 5.80. The van der Waals surface area contributed by atoms with Crippen LogP contribution in [0.5, 0.6) is 5.75 Å². The molecular weight excluding hydrogens is 460 g/mol. The van der Waals surface area contributed by atoms with Gasteiger partial charge in [0.05, 0.1) is 19.3 Å². The number of aromatic nitrogens is 5. The fraction of sp³-hybridized carbons (Fsp3) is 0.577. The average Bonchev–Trinajstić information content (AvgIpc) is 3.52. The maximum atomic E-state index is 13.1. The number of hydrogen-bond acceptors (Lipinski definition) is 8. The van der Waals surface area contributed by atoms with Crippen molar-refractivity contribution in [1.29, 1.82) is 0 Å². The number of nitrogens with zero attached hydrogens (tertiary/aromatic N) is 5. The van der Waals surface area contributed by atoms with E-state index in [-0.39, 0.29) is 36.1 Å². The first-order chi connectivity index (χ1) is 17.4. The van der Waals surface area contributed by atoms with Gasteiger partial charge in [-0.1, -0.05) is 26.7 Å². The molecule has 0 amide bonds. The Morgan fingerprint density at radius 3 is 2.67 bits per heavy atom. The van der Waals surface area contributed by atoms with Crippen LogP contribution in [0.4, 0.5) is 0 Å². The molecule has 3 aromatic rings. The molecule has 0 aliphatic heterocycles. The summed E-state index contributed by atoms with van der Waals surface area (Å²) in [6, 6.07) is 7.76. The summed E-state index contributed by atoms with van der Waals surface area (Å²) in [7, 11) is 0. The number of rotatable bonds is 11. The van der Waals surface area contributed by atoms with E-state index in [1.807, 2.05) is 31.2 Å². The smallest absolute Gasteiger partial charge is 0.327 e. The quantitative estimate of drug-likeness (QED) is 0.400. The Labute approximate surface area is 211 Å². The number of esters is 1. The number of hydrogen-bond donors (Lipinski definition) is 1.